The highest BCUT2D eigenvalue weighted by molar-refractivity contribution is 8.09. The molecule has 0 radical (unpaired) electrons. The highest BCUT2D eigenvalue weighted by Crippen LogP contribution is 2.47. The van der Waals surface area contributed by atoms with Crippen LogP contribution in [0.15, 0.2) is 55.0 Å². The van der Waals surface area contributed by atoms with Gasteiger partial charge in [0.15, 0.2) is 6.23 Å². The Hall–Kier alpha value is -2.78. The number of alkyl halides is 1. The third kappa shape index (κ3) is 6.76. The Morgan fingerprint density at radius 3 is 2.70 bits per heavy atom. The number of rotatable bonds is 10. The second-order valence-electron chi connectivity index (χ2n) is 8.58. The number of halogens is 1. The van der Waals surface area contributed by atoms with Gasteiger partial charge in [-0.25, -0.2) is 9.48 Å². The van der Waals surface area contributed by atoms with E-state index < -0.39 is 55.3 Å². The van der Waals surface area contributed by atoms with Gasteiger partial charge in [0, 0.05) is 12.3 Å². The zero-order chi connectivity index (χ0) is 27.4. The van der Waals surface area contributed by atoms with Crippen LogP contribution < -0.4 is 14.9 Å². The first kappa shape index (κ1) is 28.8. The molecule has 10 nitrogen and oxygen atoms in total. The van der Waals surface area contributed by atoms with Crippen molar-refractivity contribution < 1.29 is 37.6 Å². The monoisotopic (exact) mass is 553 g/mol. The van der Waals surface area contributed by atoms with Crippen LogP contribution in [0.5, 0.6) is 5.75 Å². The Balaban J connectivity index is 1.80. The number of nitrogens with zero attached hydrogens (tertiary/aromatic N) is 1. The van der Waals surface area contributed by atoms with Gasteiger partial charge >= 0.3 is 12.6 Å². The van der Waals surface area contributed by atoms with Gasteiger partial charge in [0.2, 0.25) is 5.67 Å². The fourth-order valence-corrected chi connectivity index (χ4v) is 5.94. The summed E-state index contributed by atoms with van der Waals surface area (Å²) in [4.78, 5) is 25.1. The van der Waals surface area contributed by atoms with Crippen molar-refractivity contribution in [1.82, 2.24) is 15.3 Å². The molecule has 0 spiro atoms. The van der Waals surface area contributed by atoms with Gasteiger partial charge in [-0.3, -0.25) is 9.59 Å². The Kier molecular flexibility index (Phi) is 9.13. The topological polar surface area (TPSA) is 119 Å². The summed E-state index contributed by atoms with van der Waals surface area (Å²) in [5, 5.41) is 16.0. The van der Waals surface area contributed by atoms with Gasteiger partial charge in [0.25, 0.3) is 5.91 Å². The largest absolute Gasteiger partial charge is 0.462 e. The number of aliphatic hydroxyl groups is 1. The highest BCUT2D eigenvalue weighted by Gasteiger charge is 2.59. The minimum Gasteiger partial charge on any atom is -0.462 e. The molecule has 1 saturated heterocycles. The van der Waals surface area contributed by atoms with E-state index in [9.17, 15) is 14.7 Å². The van der Waals surface area contributed by atoms with E-state index in [1.807, 2.05) is 5.92 Å². The third-order valence-electron chi connectivity index (χ3n) is 5.32. The van der Waals surface area contributed by atoms with Gasteiger partial charge < -0.3 is 33.8 Å². The van der Waals surface area contributed by atoms with Crippen molar-refractivity contribution in [2.75, 3.05) is 6.61 Å². The van der Waals surface area contributed by atoms with Gasteiger partial charge in [-0.15, -0.1) is 6.42 Å². The lowest BCUT2D eigenvalue weighted by atomic mass is 9.96. The second kappa shape index (κ2) is 11.7. The predicted octanol–water partition coefficient (Wildman–Crippen LogP) is 2.08. The lowest BCUT2D eigenvalue weighted by Crippen LogP contribution is -2.52. The van der Waals surface area contributed by atoms with Crippen molar-refractivity contribution in [3.05, 3.63) is 55.0 Å². The number of aliphatic hydroxyl groups excluding tert-OH is 1. The number of terminal acetylenes is 1. The first-order valence-corrected chi connectivity index (χ1v) is 14.0. The van der Waals surface area contributed by atoms with E-state index in [4.69, 9.17) is 36.8 Å². The lowest BCUT2D eigenvalue weighted by molar-refractivity contribution is -0.149. The highest BCUT2D eigenvalue weighted by atomic mass is 32.5. The normalized spacial score (nSPS) is 27.8. The van der Waals surface area contributed by atoms with Crippen LogP contribution in [0.4, 0.5) is 4.39 Å². The molecule has 1 fully saturated rings. The van der Waals surface area contributed by atoms with Gasteiger partial charge in [0.1, 0.15) is 29.8 Å². The number of nitrogens with one attached hydrogen (secondary N) is 2. The summed E-state index contributed by atoms with van der Waals surface area (Å²) in [7, 11) is 0. The SMILES string of the molecule is C#C[C@@]1(F)[C@H](O)[C@@H](COP(=S)(N[C@@H](C)C(=O)OC(C)C)Oc2ccccc2)O[C@H]1N1C=CC(=O)NC1=C. The summed E-state index contributed by atoms with van der Waals surface area (Å²) < 4.78 is 38.5. The van der Waals surface area contributed by atoms with Crippen molar-refractivity contribution in [3.8, 4) is 18.1 Å². The van der Waals surface area contributed by atoms with E-state index in [1.165, 1.54) is 18.0 Å². The quantitative estimate of drug-likeness (QED) is 0.226. The van der Waals surface area contributed by atoms with Crippen LogP contribution in [0.1, 0.15) is 20.8 Å². The molecule has 1 unspecified atom stereocenters. The molecule has 1 amide bonds. The maximum absolute atomic E-state index is 15.8. The number of benzene rings is 1. The molecule has 0 aliphatic carbocycles. The second-order valence-corrected chi connectivity index (χ2v) is 11.7. The van der Waals surface area contributed by atoms with Gasteiger partial charge in [-0.05, 0) is 44.7 Å². The smallest absolute Gasteiger partial charge is 0.323 e. The van der Waals surface area contributed by atoms with E-state index in [0.29, 0.717) is 5.75 Å². The van der Waals surface area contributed by atoms with Crippen LogP contribution in [0.25, 0.3) is 0 Å². The minimum atomic E-state index is -3.48. The summed E-state index contributed by atoms with van der Waals surface area (Å²) in [5.74, 6) is 1.29. The maximum Gasteiger partial charge on any atom is 0.323 e. The minimum absolute atomic E-state index is 0.0141. The molecule has 1 aromatic rings. The predicted molar refractivity (Wildman–Crippen MR) is 137 cm³/mol. The molecule has 2 heterocycles. The van der Waals surface area contributed by atoms with E-state index in [2.05, 4.69) is 17.0 Å². The van der Waals surface area contributed by atoms with Crippen molar-refractivity contribution in [3.63, 3.8) is 0 Å². The maximum atomic E-state index is 15.8. The lowest BCUT2D eigenvalue weighted by Gasteiger charge is -2.35. The molecule has 37 heavy (non-hydrogen) atoms. The number of hydrogen-bond donors (Lipinski definition) is 3. The summed E-state index contributed by atoms with van der Waals surface area (Å²) in [6.07, 6.45) is 2.84. The summed E-state index contributed by atoms with van der Waals surface area (Å²) in [6, 6.07) is 7.61. The molecule has 0 bridgehead atoms. The van der Waals surface area contributed by atoms with Crippen LogP contribution >= 0.6 is 6.64 Å². The van der Waals surface area contributed by atoms with E-state index >= 15 is 4.39 Å². The molecule has 6 atom stereocenters. The van der Waals surface area contributed by atoms with Crippen LogP contribution in [0.2, 0.25) is 0 Å². The molecule has 200 valence electrons. The number of amides is 1. The molecule has 2 aliphatic heterocycles. The van der Waals surface area contributed by atoms with Crippen molar-refractivity contribution in [1.29, 1.82) is 0 Å². The number of ether oxygens (including phenoxy) is 2. The molecule has 3 rings (SSSR count). The van der Waals surface area contributed by atoms with Crippen molar-refractivity contribution >= 4 is 30.3 Å². The van der Waals surface area contributed by atoms with Gasteiger partial charge in [-0.2, -0.15) is 0 Å². The summed E-state index contributed by atoms with van der Waals surface area (Å²) in [6.45, 7) is 4.70. The van der Waals surface area contributed by atoms with Gasteiger partial charge in [0.05, 0.1) is 12.7 Å². The number of hydrogen-bond acceptors (Lipinski definition) is 9. The average Bonchev–Trinajstić information content (AvgIpc) is 3.08. The number of carbonyl (C=O) groups is 2. The molecular formula is C24H29FN3O7PS. The third-order valence-corrected chi connectivity index (χ3v) is 7.82. The number of esters is 1. The number of carbonyl (C=O) groups excluding carboxylic acids is 2. The summed E-state index contributed by atoms with van der Waals surface area (Å²) in [5.41, 5.74) is -2.69. The van der Waals surface area contributed by atoms with E-state index in [-0.39, 0.29) is 11.9 Å². The van der Waals surface area contributed by atoms with Crippen LogP contribution in [-0.2, 0) is 35.4 Å². The Labute approximate surface area is 220 Å². The standard InChI is InChI=1S/C24H29FN3O7PS/c1-6-24(25)21(30)19(34-23(24)28-13-12-20(29)26-17(28)5)14-32-36(37,35-18-10-8-7-9-11-18)27-16(4)22(31)33-15(2)3/h1,7-13,15-16,19,21,23,30H,5,14H2,2-4H3,(H,26,29)(H,27,37)/t16-,19+,21+,23+,24+,36?/m0/s1. The molecule has 13 heteroatoms. The fourth-order valence-electron chi connectivity index (χ4n) is 3.52. The first-order valence-electron chi connectivity index (χ1n) is 11.3. The van der Waals surface area contributed by atoms with Crippen LogP contribution in [0.3, 0.4) is 0 Å². The average molecular weight is 554 g/mol. The summed E-state index contributed by atoms with van der Waals surface area (Å²) >= 11 is 5.63. The number of para-hydroxylation sites is 1. The Bertz CT molecular complexity index is 1140. The van der Waals surface area contributed by atoms with Gasteiger partial charge in [-0.1, -0.05) is 30.7 Å². The van der Waals surface area contributed by atoms with Crippen molar-refractivity contribution in [2.45, 2.75) is 57.0 Å². The molecule has 2 aliphatic rings. The first-order chi connectivity index (χ1) is 17.4. The van der Waals surface area contributed by atoms with Crippen LogP contribution in [0, 0.1) is 12.3 Å². The molecule has 0 aromatic heterocycles. The molecule has 3 N–H and O–H groups in total. The Morgan fingerprint density at radius 1 is 1.43 bits per heavy atom. The van der Waals surface area contributed by atoms with Crippen molar-refractivity contribution in [2.24, 2.45) is 0 Å². The van der Waals surface area contributed by atoms with Crippen LogP contribution in [-0.4, -0.2) is 64.7 Å². The molecule has 0 saturated carbocycles. The fraction of sp³-hybridized carbons (Fsp3) is 0.417. The zero-order valence-electron chi connectivity index (χ0n) is 20.5. The molecule has 1 aromatic carbocycles. The Morgan fingerprint density at radius 2 is 2.11 bits per heavy atom. The van der Waals surface area contributed by atoms with E-state index in [0.717, 1.165) is 6.08 Å². The zero-order valence-corrected chi connectivity index (χ0v) is 22.2. The van der Waals surface area contributed by atoms with E-state index in [1.54, 1.807) is 44.2 Å². The molecular weight excluding hydrogens is 524 g/mol.